The van der Waals surface area contributed by atoms with Gasteiger partial charge in [-0.15, -0.1) is 0 Å². The Hall–Kier alpha value is -2.69. The van der Waals surface area contributed by atoms with Gasteiger partial charge >= 0.3 is 6.03 Å². The summed E-state index contributed by atoms with van der Waals surface area (Å²) in [5.41, 5.74) is 8.35. The van der Waals surface area contributed by atoms with E-state index in [1.807, 2.05) is 55.5 Å². The molecule has 2 amide bonds. The predicted octanol–water partition coefficient (Wildman–Crippen LogP) is 3.40. The second-order valence-electron chi connectivity index (χ2n) is 4.79. The van der Waals surface area contributed by atoms with Crippen molar-refractivity contribution >= 4 is 11.7 Å². The van der Waals surface area contributed by atoms with E-state index >= 15 is 0 Å². The molecule has 0 saturated carbocycles. The van der Waals surface area contributed by atoms with Crippen LogP contribution < -0.4 is 20.9 Å². The van der Waals surface area contributed by atoms with E-state index in [0.717, 1.165) is 17.5 Å². The lowest BCUT2D eigenvalue weighted by atomic mass is 10.1. The fourth-order valence-corrected chi connectivity index (χ4v) is 2.02. The van der Waals surface area contributed by atoms with Gasteiger partial charge in [-0.05, 0) is 29.7 Å². The monoisotopic (exact) mass is 299 g/mol. The Bertz CT molecular complexity index is 615. The van der Waals surface area contributed by atoms with Gasteiger partial charge in [-0.1, -0.05) is 43.3 Å². The van der Waals surface area contributed by atoms with Crippen molar-refractivity contribution in [1.29, 1.82) is 0 Å². The highest BCUT2D eigenvalue weighted by Crippen LogP contribution is 2.29. The summed E-state index contributed by atoms with van der Waals surface area (Å²) in [4.78, 5) is 11.6. The van der Waals surface area contributed by atoms with Crippen molar-refractivity contribution in [3.8, 4) is 16.9 Å². The third-order valence-electron chi connectivity index (χ3n) is 3.15. The first-order valence-electron chi connectivity index (χ1n) is 7.28. The summed E-state index contributed by atoms with van der Waals surface area (Å²) in [7, 11) is 1.60. The van der Waals surface area contributed by atoms with Crippen LogP contribution >= 0.6 is 0 Å². The minimum Gasteiger partial charge on any atom is -0.495 e. The third kappa shape index (κ3) is 4.15. The topological polar surface area (TPSA) is 62.4 Å². The number of methoxy groups -OCH3 is 1. The summed E-state index contributed by atoms with van der Waals surface area (Å²) < 4.78 is 5.32. The Balaban J connectivity index is 2.13. The maximum absolute atomic E-state index is 11.6. The van der Waals surface area contributed by atoms with Crippen LogP contribution in [0.5, 0.6) is 5.75 Å². The molecule has 0 aliphatic heterocycles. The maximum atomic E-state index is 11.6. The molecule has 2 aromatic rings. The van der Waals surface area contributed by atoms with Crippen molar-refractivity contribution in [2.75, 3.05) is 19.1 Å². The molecule has 116 valence electrons. The Morgan fingerprint density at radius 1 is 1.09 bits per heavy atom. The SMILES string of the molecule is CCCNC(=O)NNc1cc(-c2ccccc2)ccc1OC. The van der Waals surface area contributed by atoms with Gasteiger partial charge in [-0.3, -0.25) is 10.9 Å². The van der Waals surface area contributed by atoms with Gasteiger partial charge in [0.05, 0.1) is 12.8 Å². The Morgan fingerprint density at radius 3 is 2.55 bits per heavy atom. The average Bonchev–Trinajstić information content (AvgIpc) is 2.58. The number of nitrogens with one attached hydrogen (secondary N) is 3. The molecule has 5 nitrogen and oxygen atoms in total. The first-order valence-corrected chi connectivity index (χ1v) is 7.28. The first kappa shape index (κ1) is 15.7. The highest BCUT2D eigenvalue weighted by atomic mass is 16.5. The fraction of sp³-hybridized carbons (Fsp3) is 0.235. The van der Waals surface area contributed by atoms with Gasteiger partial charge < -0.3 is 10.1 Å². The van der Waals surface area contributed by atoms with E-state index in [1.165, 1.54) is 0 Å². The molecule has 0 unspecified atom stereocenters. The molecule has 3 N–H and O–H groups in total. The largest absolute Gasteiger partial charge is 0.495 e. The summed E-state index contributed by atoms with van der Waals surface area (Å²) >= 11 is 0. The fourth-order valence-electron chi connectivity index (χ4n) is 2.02. The summed E-state index contributed by atoms with van der Waals surface area (Å²) in [6.45, 7) is 2.63. The maximum Gasteiger partial charge on any atom is 0.333 e. The van der Waals surface area contributed by atoms with E-state index in [2.05, 4.69) is 16.2 Å². The summed E-state index contributed by atoms with van der Waals surface area (Å²) in [5, 5.41) is 2.73. The molecule has 0 saturated heterocycles. The van der Waals surface area contributed by atoms with Gasteiger partial charge in [0.2, 0.25) is 0 Å². The molecule has 0 aliphatic rings. The van der Waals surface area contributed by atoms with E-state index in [-0.39, 0.29) is 6.03 Å². The molecule has 0 radical (unpaired) electrons. The van der Waals surface area contributed by atoms with Gasteiger partial charge in [0, 0.05) is 6.54 Å². The third-order valence-corrected chi connectivity index (χ3v) is 3.15. The average molecular weight is 299 g/mol. The minimum absolute atomic E-state index is 0.269. The standard InChI is InChI=1S/C17H21N3O2/c1-3-11-18-17(21)20-19-15-12-14(9-10-16(15)22-2)13-7-5-4-6-8-13/h4-10,12,19H,3,11H2,1-2H3,(H2,18,20,21). The lowest BCUT2D eigenvalue weighted by Crippen LogP contribution is -2.39. The van der Waals surface area contributed by atoms with Crippen LogP contribution in [0.2, 0.25) is 0 Å². The molecule has 0 heterocycles. The van der Waals surface area contributed by atoms with E-state index in [9.17, 15) is 4.79 Å². The van der Waals surface area contributed by atoms with Crippen LogP contribution in [0.15, 0.2) is 48.5 Å². The second kappa shape index (κ2) is 7.93. The molecule has 0 aromatic heterocycles. The van der Waals surface area contributed by atoms with Crippen molar-refractivity contribution in [2.45, 2.75) is 13.3 Å². The smallest absolute Gasteiger partial charge is 0.333 e. The number of anilines is 1. The molecule has 2 rings (SSSR count). The van der Waals surface area contributed by atoms with Crippen LogP contribution in [0.25, 0.3) is 11.1 Å². The summed E-state index contributed by atoms with van der Waals surface area (Å²) in [5.74, 6) is 0.662. The lowest BCUT2D eigenvalue weighted by Gasteiger charge is -2.14. The van der Waals surface area contributed by atoms with Gasteiger partial charge in [0.25, 0.3) is 0 Å². The Kier molecular flexibility index (Phi) is 5.65. The van der Waals surface area contributed by atoms with Crippen LogP contribution in [-0.2, 0) is 0 Å². The number of rotatable bonds is 6. The van der Waals surface area contributed by atoms with E-state index < -0.39 is 0 Å². The Morgan fingerprint density at radius 2 is 1.86 bits per heavy atom. The molecule has 0 bridgehead atoms. The number of benzene rings is 2. The van der Waals surface area contributed by atoms with E-state index in [4.69, 9.17) is 4.74 Å². The van der Waals surface area contributed by atoms with Gasteiger partial charge in [-0.25, -0.2) is 4.79 Å². The zero-order chi connectivity index (χ0) is 15.8. The van der Waals surface area contributed by atoms with E-state index in [1.54, 1.807) is 7.11 Å². The number of hydrazine groups is 1. The van der Waals surface area contributed by atoms with Crippen LogP contribution in [-0.4, -0.2) is 19.7 Å². The van der Waals surface area contributed by atoms with Gasteiger partial charge in [-0.2, -0.15) is 0 Å². The van der Waals surface area contributed by atoms with Crippen molar-refractivity contribution in [3.05, 3.63) is 48.5 Å². The minimum atomic E-state index is -0.269. The Labute approximate surface area is 130 Å². The number of carbonyl (C=O) groups excluding carboxylic acids is 1. The molecule has 2 aromatic carbocycles. The number of carbonyl (C=O) groups is 1. The van der Waals surface area contributed by atoms with Crippen molar-refractivity contribution < 1.29 is 9.53 Å². The molecule has 5 heteroatoms. The molecule has 0 atom stereocenters. The zero-order valence-corrected chi connectivity index (χ0v) is 12.8. The molecule has 0 spiro atoms. The van der Waals surface area contributed by atoms with Crippen molar-refractivity contribution in [1.82, 2.24) is 10.7 Å². The molecular formula is C17H21N3O2. The van der Waals surface area contributed by atoms with Crippen LogP contribution in [0.3, 0.4) is 0 Å². The quantitative estimate of drug-likeness (QED) is 0.716. The van der Waals surface area contributed by atoms with Crippen molar-refractivity contribution in [2.24, 2.45) is 0 Å². The number of amides is 2. The zero-order valence-electron chi connectivity index (χ0n) is 12.8. The highest BCUT2D eigenvalue weighted by molar-refractivity contribution is 5.77. The predicted molar refractivity (Wildman–Crippen MR) is 88.9 cm³/mol. The summed E-state index contributed by atoms with van der Waals surface area (Å²) in [6, 6.07) is 15.5. The number of urea groups is 1. The number of hydrogen-bond acceptors (Lipinski definition) is 3. The van der Waals surface area contributed by atoms with E-state index in [0.29, 0.717) is 18.0 Å². The van der Waals surface area contributed by atoms with Crippen LogP contribution in [0.4, 0.5) is 10.5 Å². The molecule has 22 heavy (non-hydrogen) atoms. The van der Waals surface area contributed by atoms with Crippen LogP contribution in [0.1, 0.15) is 13.3 Å². The van der Waals surface area contributed by atoms with Crippen molar-refractivity contribution in [3.63, 3.8) is 0 Å². The molecule has 0 fully saturated rings. The number of ether oxygens (including phenoxy) is 1. The molecular weight excluding hydrogens is 278 g/mol. The van der Waals surface area contributed by atoms with Gasteiger partial charge in [0.1, 0.15) is 5.75 Å². The van der Waals surface area contributed by atoms with Gasteiger partial charge in [0.15, 0.2) is 0 Å². The number of hydrogen-bond donors (Lipinski definition) is 3. The molecule has 0 aliphatic carbocycles. The second-order valence-corrected chi connectivity index (χ2v) is 4.79. The highest BCUT2D eigenvalue weighted by Gasteiger charge is 2.07. The first-order chi connectivity index (χ1) is 10.7. The normalized spacial score (nSPS) is 9.91. The lowest BCUT2D eigenvalue weighted by molar-refractivity contribution is 0.243. The summed E-state index contributed by atoms with van der Waals surface area (Å²) in [6.07, 6.45) is 0.889. The van der Waals surface area contributed by atoms with Crippen LogP contribution in [0, 0.1) is 0 Å².